The lowest BCUT2D eigenvalue weighted by Crippen LogP contribution is -2.66. The summed E-state index contributed by atoms with van der Waals surface area (Å²) in [5.41, 5.74) is -0.165. The van der Waals surface area contributed by atoms with E-state index >= 15 is 0 Å². The number of carbonyl (C=O) groups is 1. The lowest BCUT2D eigenvalue weighted by Gasteiger charge is -2.45. The number of nitro groups is 1. The van der Waals surface area contributed by atoms with Crippen molar-refractivity contribution < 1.29 is 14.8 Å². The van der Waals surface area contributed by atoms with Crippen LogP contribution in [0.1, 0.15) is 39.5 Å². The summed E-state index contributed by atoms with van der Waals surface area (Å²) in [5, 5.41) is 24.4. The van der Waals surface area contributed by atoms with Crippen LogP contribution in [0, 0.1) is 22.0 Å². The third-order valence-corrected chi connectivity index (χ3v) is 5.75. The van der Waals surface area contributed by atoms with E-state index in [1.54, 1.807) is 4.90 Å². The Morgan fingerprint density at radius 3 is 2.27 bits per heavy atom. The lowest BCUT2D eigenvalue weighted by atomic mass is 9.97. The summed E-state index contributed by atoms with van der Waals surface area (Å²) >= 11 is 0. The molecular formula is C17H27N5O4. The van der Waals surface area contributed by atoms with Crippen LogP contribution < -0.4 is 5.32 Å². The van der Waals surface area contributed by atoms with Gasteiger partial charge < -0.3 is 15.3 Å². The molecule has 144 valence electrons. The molecule has 3 aliphatic heterocycles. The van der Waals surface area contributed by atoms with Crippen LogP contribution in [0.2, 0.25) is 0 Å². The number of likely N-dealkylation sites (tertiary alicyclic amines) is 2. The Kier molecular flexibility index (Phi) is 5.17. The SMILES string of the molecule is CC1CCN(C2=C([N+](=O)[O-])C=NC(C(=O)O)(N3CCC(C)CC3)N2)CC1. The monoisotopic (exact) mass is 365 g/mol. The lowest BCUT2D eigenvalue weighted by molar-refractivity contribution is -0.417. The van der Waals surface area contributed by atoms with Crippen LogP contribution >= 0.6 is 0 Å². The fourth-order valence-corrected chi connectivity index (χ4v) is 3.82. The average molecular weight is 365 g/mol. The minimum Gasteiger partial charge on any atom is -0.477 e. The number of hydrogen-bond acceptors (Lipinski definition) is 7. The van der Waals surface area contributed by atoms with E-state index in [2.05, 4.69) is 24.2 Å². The van der Waals surface area contributed by atoms with E-state index in [4.69, 9.17) is 0 Å². The van der Waals surface area contributed by atoms with Gasteiger partial charge in [0.05, 0.1) is 4.92 Å². The summed E-state index contributed by atoms with van der Waals surface area (Å²) in [5.74, 6) is -1.42. The van der Waals surface area contributed by atoms with Gasteiger partial charge in [-0.05, 0) is 37.5 Å². The first-order valence-electron chi connectivity index (χ1n) is 9.29. The van der Waals surface area contributed by atoms with Crippen LogP contribution in [-0.4, -0.2) is 64.0 Å². The normalized spacial score (nSPS) is 28.9. The second-order valence-corrected chi connectivity index (χ2v) is 7.69. The van der Waals surface area contributed by atoms with E-state index < -0.39 is 16.7 Å². The highest BCUT2D eigenvalue weighted by molar-refractivity contribution is 5.86. The summed E-state index contributed by atoms with van der Waals surface area (Å²) in [6.45, 7) is 6.83. The Balaban J connectivity index is 1.91. The summed E-state index contributed by atoms with van der Waals surface area (Å²) < 4.78 is 0. The topological polar surface area (TPSA) is 111 Å². The van der Waals surface area contributed by atoms with Gasteiger partial charge in [-0.1, -0.05) is 13.8 Å². The maximum Gasteiger partial charge on any atom is 0.369 e. The van der Waals surface area contributed by atoms with Crippen LogP contribution in [0.3, 0.4) is 0 Å². The first-order valence-corrected chi connectivity index (χ1v) is 9.29. The molecule has 2 fully saturated rings. The second kappa shape index (κ2) is 7.22. The van der Waals surface area contributed by atoms with Crippen molar-refractivity contribution in [3.8, 4) is 0 Å². The summed E-state index contributed by atoms with van der Waals surface area (Å²) in [7, 11) is 0. The van der Waals surface area contributed by atoms with Gasteiger partial charge in [0.1, 0.15) is 6.21 Å². The average Bonchev–Trinajstić information content (AvgIpc) is 2.62. The zero-order valence-electron chi connectivity index (χ0n) is 15.3. The van der Waals surface area contributed by atoms with Crippen molar-refractivity contribution in [2.24, 2.45) is 16.8 Å². The zero-order valence-corrected chi connectivity index (χ0v) is 15.3. The molecule has 0 aromatic carbocycles. The molecule has 0 spiro atoms. The number of allylic oxidation sites excluding steroid dienone is 1. The number of carboxylic acids is 1. The number of nitrogens with one attached hydrogen (secondary N) is 1. The zero-order chi connectivity index (χ0) is 18.9. The minimum absolute atomic E-state index is 0.165. The highest BCUT2D eigenvalue weighted by Gasteiger charge is 2.50. The summed E-state index contributed by atoms with van der Waals surface area (Å²) in [6, 6.07) is 0. The van der Waals surface area contributed by atoms with Crippen LogP contribution in [-0.2, 0) is 4.79 Å². The number of carboxylic acid groups (broad SMARTS) is 1. The Bertz CT molecular complexity index is 633. The van der Waals surface area contributed by atoms with Gasteiger partial charge >= 0.3 is 11.7 Å². The molecule has 0 radical (unpaired) electrons. The molecular weight excluding hydrogens is 338 g/mol. The molecule has 1 atom stereocenters. The number of piperidine rings is 2. The van der Waals surface area contributed by atoms with E-state index in [0.29, 0.717) is 38.0 Å². The molecule has 3 aliphatic rings. The van der Waals surface area contributed by atoms with Crippen LogP contribution in [0.4, 0.5) is 0 Å². The van der Waals surface area contributed by atoms with Gasteiger partial charge in [0.25, 0.3) is 5.79 Å². The molecule has 2 N–H and O–H groups in total. The Labute approximate surface area is 152 Å². The summed E-state index contributed by atoms with van der Waals surface area (Å²) in [6.07, 6.45) is 4.74. The van der Waals surface area contributed by atoms with Crippen LogP contribution in [0.25, 0.3) is 0 Å². The van der Waals surface area contributed by atoms with E-state index in [1.165, 1.54) is 0 Å². The van der Waals surface area contributed by atoms with Gasteiger partial charge in [0, 0.05) is 26.2 Å². The molecule has 2 saturated heterocycles. The highest BCUT2D eigenvalue weighted by Crippen LogP contribution is 2.30. The third-order valence-electron chi connectivity index (χ3n) is 5.75. The van der Waals surface area contributed by atoms with Gasteiger partial charge in [0.15, 0.2) is 5.82 Å². The van der Waals surface area contributed by atoms with Gasteiger partial charge in [0.2, 0.25) is 0 Å². The minimum atomic E-state index is -1.67. The second-order valence-electron chi connectivity index (χ2n) is 7.69. The van der Waals surface area contributed by atoms with Crippen molar-refractivity contribution in [1.82, 2.24) is 15.1 Å². The fourth-order valence-electron chi connectivity index (χ4n) is 3.82. The fraction of sp³-hybridized carbons (Fsp3) is 0.765. The molecule has 0 amide bonds. The molecule has 9 heteroatoms. The molecule has 9 nitrogen and oxygen atoms in total. The Morgan fingerprint density at radius 2 is 1.77 bits per heavy atom. The van der Waals surface area contributed by atoms with Crippen molar-refractivity contribution in [3.05, 3.63) is 21.6 Å². The first kappa shape index (κ1) is 18.6. The molecule has 0 aliphatic carbocycles. The third kappa shape index (κ3) is 3.40. The number of rotatable bonds is 4. The van der Waals surface area contributed by atoms with Gasteiger partial charge in [-0.25, -0.2) is 9.79 Å². The van der Waals surface area contributed by atoms with Crippen LogP contribution in [0.5, 0.6) is 0 Å². The van der Waals surface area contributed by atoms with Crippen molar-refractivity contribution in [3.63, 3.8) is 0 Å². The standard InChI is InChI=1S/C17H27N5O4/c1-12-3-7-20(8-4-12)15-14(22(25)26)11-18-17(19-15,16(23)24)21-9-5-13(2)6-10-21/h11-13,19H,3-10H2,1-2H3,(H,23,24). The Morgan fingerprint density at radius 1 is 1.23 bits per heavy atom. The molecule has 26 heavy (non-hydrogen) atoms. The molecule has 1 unspecified atom stereocenters. The van der Waals surface area contributed by atoms with Crippen LogP contribution in [0.15, 0.2) is 16.5 Å². The number of hydrogen-bond donors (Lipinski definition) is 2. The number of aliphatic imine (C=N–C) groups is 1. The van der Waals surface area contributed by atoms with E-state index in [-0.39, 0.29) is 11.5 Å². The van der Waals surface area contributed by atoms with Crippen molar-refractivity contribution in [2.45, 2.75) is 45.3 Å². The quantitative estimate of drug-likeness (QED) is 0.571. The first-order chi connectivity index (χ1) is 12.3. The van der Waals surface area contributed by atoms with Gasteiger partial charge in [-0.3, -0.25) is 15.0 Å². The molecule has 0 aromatic rings. The Hall–Kier alpha value is -2.16. The van der Waals surface area contributed by atoms with Crippen molar-refractivity contribution in [2.75, 3.05) is 26.2 Å². The number of aliphatic carboxylic acids is 1. The van der Waals surface area contributed by atoms with E-state index in [9.17, 15) is 20.0 Å². The van der Waals surface area contributed by atoms with Gasteiger partial charge in [-0.2, -0.15) is 0 Å². The molecule has 0 bridgehead atoms. The smallest absolute Gasteiger partial charge is 0.369 e. The van der Waals surface area contributed by atoms with Crippen molar-refractivity contribution in [1.29, 1.82) is 0 Å². The highest BCUT2D eigenvalue weighted by atomic mass is 16.6. The largest absolute Gasteiger partial charge is 0.477 e. The maximum atomic E-state index is 12.2. The predicted molar refractivity (Wildman–Crippen MR) is 96.0 cm³/mol. The summed E-state index contributed by atoms with van der Waals surface area (Å²) in [4.78, 5) is 31.0. The molecule has 3 heterocycles. The molecule has 3 rings (SSSR count). The molecule has 0 saturated carbocycles. The van der Waals surface area contributed by atoms with E-state index in [1.807, 2.05) is 4.90 Å². The predicted octanol–water partition coefficient (Wildman–Crippen LogP) is 1.31. The van der Waals surface area contributed by atoms with Gasteiger partial charge in [-0.15, -0.1) is 0 Å². The van der Waals surface area contributed by atoms with Crippen molar-refractivity contribution >= 4 is 12.2 Å². The number of nitrogens with zero attached hydrogens (tertiary/aromatic N) is 4. The van der Waals surface area contributed by atoms with E-state index in [0.717, 1.165) is 31.9 Å². The molecule has 0 aromatic heterocycles. The maximum absolute atomic E-state index is 12.2.